The monoisotopic (exact) mass is 342 g/mol. The molecule has 3 nitrogen and oxygen atoms in total. The van der Waals surface area contributed by atoms with Gasteiger partial charge in [-0.25, -0.2) is 8.78 Å². The van der Waals surface area contributed by atoms with E-state index in [1.807, 2.05) is 0 Å². The maximum absolute atomic E-state index is 12.4. The summed E-state index contributed by atoms with van der Waals surface area (Å²) in [7, 11) is 0. The van der Waals surface area contributed by atoms with Gasteiger partial charge in [0.2, 0.25) is 0 Å². The van der Waals surface area contributed by atoms with Gasteiger partial charge in [0, 0.05) is 9.77 Å². The summed E-state index contributed by atoms with van der Waals surface area (Å²) in [4.78, 5) is 14.3. The molecular formula is C8H2ClF2IN2O. The van der Waals surface area contributed by atoms with E-state index in [1.165, 1.54) is 0 Å². The molecule has 78 valence electrons. The number of carbonyl (C=O) groups is 1. The third kappa shape index (κ3) is 2.41. The Kier molecular flexibility index (Phi) is 3.93. The van der Waals surface area contributed by atoms with Crippen molar-refractivity contribution in [1.82, 2.24) is 4.98 Å². The summed E-state index contributed by atoms with van der Waals surface area (Å²) in [6.07, 6.45) is -1.91. The Morgan fingerprint density at radius 1 is 1.67 bits per heavy atom. The Labute approximate surface area is 102 Å². The van der Waals surface area contributed by atoms with E-state index >= 15 is 0 Å². The third-order valence-corrected chi connectivity index (χ3v) is 2.88. The molecule has 0 aliphatic rings. The molecule has 0 saturated heterocycles. The van der Waals surface area contributed by atoms with E-state index in [9.17, 15) is 13.6 Å². The maximum atomic E-state index is 12.4. The normalized spacial score (nSPS) is 10.1. The molecule has 0 atom stereocenters. The lowest BCUT2D eigenvalue weighted by atomic mass is 10.1. The smallest absolute Gasteiger partial charge is 0.275 e. The predicted octanol–water partition coefficient (Wildman–Crippen LogP) is 2.87. The molecule has 0 fully saturated rings. The summed E-state index contributed by atoms with van der Waals surface area (Å²) < 4.78 is 25.0. The molecule has 0 saturated carbocycles. The van der Waals surface area contributed by atoms with Gasteiger partial charge in [0.1, 0.15) is 11.8 Å². The molecule has 1 aromatic rings. The van der Waals surface area contributed by atoms with Crippen LogP contribution in [0.15, 0.2) is 6.20 Å². The van der Waals surface area contributed by atoms with Crippen molar-refractivity contribution in [1.29, 1.82) is 5.26 Å². The highest BCUT2D eigenvalue weighted by Gasteiger charge is 2.23. The minimum Gasteiger partial charge on any atom is -0.275 e. The molecule has 0 amide bonds. The summed E-state index contributed by atoms with van der Waals surface area (Å²) in [5, 5.41) is 7.58. The van der Waals surface area contributed by atoms with Crippen molar-refractivity contribution in [3.05, 3.63) is 26.6 Å². The first-order chi connectivity index (χ1) is 6.99. The fraction of sp³-hybridized carbons (Fsp3) is 0.125. The molecule has 0 aromatic carbocycles. The lowest BCUT2D eigenvalue weighted by Crippen LogP contribution is -2.06. The number of aromatic nitrogens is 1. The number of alkyl halides is 2. The highest BCUT2D eigenvalue weighted by molar-refractivity contribution is 14.1. The largest absolute Gasteiger partial charge is 0.281 e. The van der Waals surface area contributed by atoms with Gasteiger partial charge < -0.3 is 0 Å². The second-order valence-corrected chi connectivity index (χ2v) is 3.85. The van der Waals surface area contributed by atoms with E-state index in [1.54, 1.807) is 28.7 Å². The Morgan fingerprint density at radius 3 is 2.67 bits per heavy atom. The second kappa shape index (κ2) is 4.81. The zero-order valence-electron chi connectivity index (χ0n) is 6.97. The fourth-order valence-electron chi connectivity index (χ4n) is 0.933. The van der Waals surface area contributed by atoms with Gasteiger partial charge in [-0.15, -0.1) is 0 Å². The number of rotatable bonds is 2. The van der Waals surface area contributed by atoms with Crippen molar-refractivity contribution in [2.45, 2.75) is 6.43 Å². The predicted molar refractivity (Wildman–Crippen MR) is 56.8 cm³/mol. The van der Waals surface area contributed by atoms with Gasteiger partial charge in [-0.2, -0.15) is 5.26 Å². The first-order valence-electron chi connectivity index (χ1n) is 3.55. The van der Waals surface area contributed by atoms with Gasteiger partial charge in [-0.1, -0.05) is 0 Å². The number of pyridine rings is 1. The minimum absolute atomic E-state index is 0.0454. The molecule has 0 unspecified atom stereocenters. The van der Waals surface area contributed by atoms with Crippen LogP contribution in [0.5, 0.6) is 0 Å². The van der Waals surface area contributed by atoms with E-state index in [4.69, 9.17) is 16.9 Å². The molecule has 0 bridgehead atoms. The summed E-state index contributed by atoms with van der Waals surface area (Å²) in [5.41, 5.74) is -1.05. The van der Waals surface area contributed by atoms with Crippen molar-refractivity contribution in [2.75, 3.05) is 0 Å². The molecule has 0 spiro atoms. The topological polar surface area (TPSA) is 53.8 Å². The number of hydrogen-bond donors (Lipinski definition) is 0. The molecule has 1 rings (SSSR count). The van der Waals surface area contributed by atoms with Gasteiger partial charge in [-0.05, 0) is 34.2 Å². The van der Waals surface area contributed by atoms with Crippen LogP contribution in [0.25, 0.3) is 0 Å². The standard InChI is InChI=1S/C8H2ClF2IN2O/c9-7(15)4-5(12)3(1-13)2-14-6(4)8(10)11/h2,8H. The quantitative estimate of drug-likeness (QED) is 0.613. The molecule has 1 aromatic heterocycles. The van der Waals surface area contributed by atoms with Crippen molar-refractivity contribution in [2.24, 2.45) is 0 Å². The first-order valence-corrected chi connectivity index (χ1v) is 5.01. The van der Waals surface area contributed by atoms with E-state index < -0.39 is 22.9 Å². The number of nitrogens with zero attached hydrogens (tertiary/aromatic N) is 2. The number of carbonyl (C=O) groups excluding carboxylic acids is 1. The zero-order valence-corrected chi connectivity index (χ0v) is 9.88. The fourth-order valence-corrected chi connectivity index (χ4v) is 2.06. The van der Waals surface area contributed by atoms with Crippen LogP contribution in [0.3, 0.4) is 0 Å². The average molecular weight is 342 g/mol. The molecule has 0 aliphatic carbocycles. The Bertz CT molecular complexity index is 459. The Balaban J connectivity index is 3.53. The summed E-state index contributed by atoms with van der Waals surface area (Å²) in [5.74, 6) is 0. The van der Waals surface area contributed by atoms with Gasteiger partial charge in [0.15, 0.2) is 0 Å². The van der Waals surface area contributed by atoms with E-state index in [0.717, 1.165) is 6.20 Å². The summed E-state index contributed by atoms with van der Waals surface area (Å²) in [6.45, 7) is 0. The second-order valence-electron chi connectivity index (χ2n) is 2.43. The lowest BCUT2D eigenvalue weighted by molar-refractivity contribution is 0.106. The van der Waals surface area contributed by atoms with E-state index in [-0.39, 0.29) is 9.13 Å². The molecule has 0 N–H and O–H groups in total. The zero-order chi connectivity index (χ0) is 11.6. The SMILES string of the molecule is N#Cc1cnc(C(F)F)c(C(=O)Cl)c1I. The van der Waals surface area contributed by atoms with Crippen LogP contribution in [0.1, 0.15) is 28.0 Å². The molecule has 1 heterocycles. The van der Waals surface area contributed by atoms with Crippen LogP contribution in [-0.2, 0) is 0 Å². The summed E-state index contributed by atoms with van der Waals surface area (Å²) in [6, 6.07) is 1.73. The third-order valence-electron chi connectivity index (χ3n) is 1.57. The van der Waals surface area contributed by atoms with Gasteiger partial charge in [-0.3, -0.25) is 9.78 Å². The van der Waals surface area contributed by atoms with E-state index in [0.29, 0.717) is 0 Å². The summed E-state index contributed by atoms with van der Waals surface area (Å²) >= 11 is 6.77. The van der Waals surface area contributed by atoms with Crippen molar-refractivity contribution in [3.8, 4) is 6.07 Å². The molecule has 15 heavy (non-hydrogen) atoms. The average Bonchev–Trinajstić information content (AvgIpc) is 2.16. The van der Waals surface area contributed by atoms with Gasteiger partial charge in [0.05, 0.1) is 11.1 Å². The van der Waals surface area contributed by atoms with Crippen molar-refractivity contribution < 1.29 is 13.6 Å². The van der Waals surface area contributed by atoms with Crippen LogP contribution >= 0.6 is 34.2 Å². The first kappa shape index (κ1) is 12.3. The van der Waals surface area contributed by atoms with Crippen LogP contribution in [0, 0.1) is 14.9 Å². The maximum Gasteiger partial charge on any atom is 0.281 e. The molecule has 7 heteroatoms. The van der Waals surface area contributed by atoms with Crippen LogP contribution in [0.2, 0.25) is 0 Å². The van der Waals surface area contributed by atoms with Crippen LogP contribution < -0.4 is 0 Å². The van der Waals surface area contributed by atoms with Crippen LogP contribution in [0.4, 0.5) is 8.78 Å². The number of hydrogen-bond acceptors (Lipinski definition) is 3. The van der Waals surface area contributed by atoms with Crippen LogP contribution in [-0.4, -0.2) is 10.2 Å². The minimum atomic E-state index is -2.90. The van der Waals surface area contributed by atoms with Crippen molar-refractivity contribution in [3.63, 3.8) is 0 Å². The highest BCUT2D eigenvalue weighted by atomic mass is 127. The molecular weight excluding hydrogens is 340 g/mol. The Hall–Kier alpha value is -0.810. The highest BCUT2D eigenvalue weighted by Crippen LogP contribution is 2.27. The van der Waals surface area contributed by atoms with Gasteiger partial charge >= 0.3 is 0 Å². The Morgan fingerprint density at radius 2 is 2.27 bits per heavy atom. The van der Waals surface area contributed by atoms with E-state index in [2.05, 4.69) is 4.98 Å². The molecule has 0 radical (unpaired) electrons. The molecule has 0 aliphatic heterocycles. The lowest BCUT2D eigenvalue weighted by Gasteiger charge is -2.06. The van der Waals surface area contributed by atoms with Gasteiger partial charge in [0.25, 0.3) is 11.7 Å². The van der Waals surface area contributed by atoms with Crippen molar-refractivity contribution >= 4 is 39.4 Å². The number of halogens is 4. The number of nitriles is 1.